The Morgan fingerprint density at radius 3 is 2.47 bits per heavy atom. The lowest BCUT2D eigenvalue weighted by Gasteiger charge is -2.08. The molecule has 0 fully saturated rings. The maximum atomic E-state index is 12.2. The average Bonchev–Trinajstić information content (AvgIpc) is 2.14. The van der Waals surface area contributed by atoms with Crippen LogP contribution in [0.1, 0.15) is 17.5 Å². The van der Waals surface area contributed by atoms with E-state index in [-0.39, 0.29) is 11.4 Å². The van der Waals surface area contributed by atoms with Gasteiger partial charge in [-0.2, -0.15) is 13.2 Å². The number of alkyl halides is 3. The summed E-state index contributed by atoms with van der Waals surface area (Å²) in [6.45, 7) is 0. The molecule has 1 nitrogen and oxygen atoms in total. The van der Waals surface area contributed by atoms with Crippen LogP contribution < -0.4 is 0 Å². The van der Waals surface area contributed by atoms with E-state index in [1.165, 1.54) is 6.07 Å². The molecule has 0 aliphatic heterocycles. The van der Waals surface area contributed by atoms with Crippen molar-refractivity contribution in [1.29, 1.82) is 0 Å². The van der Waals surface area contributed by atoms with Crippen LogP contribution in [0.4, 0.5) is 13.2 Å². The summed E-state index contributed by atoms with van der Waals surface area (Å²) in [6, 6.07) is 3.14. The van der Waals surface area contributed by atoms with E-state index in [1.54, 1.807) is 0 Å². The Labute approximate surface area is 89.9 Å². The number of halogens is 4. The Morgan fingerprint density at radius 2 is 2.00 bits per heavy atom. The summed E-state index contributed by atoms with van der Waals surface area (Å²) >= 11 is 5.66. The van der Waals surface area contributed by atoms with Crippen LogP contribution in [0.2, 0.25) is 5.02 Å². The Bertz CT molecular complexity index is 360. The van der Waals surface area contributed by atoms with E-state index in [1.807, 2.05) is 0 Å². The SMILES string of the molecule is O=CCCc1ccc(C(F)(F)F)cc1Cl. The number of hydrogen-bond acceptors (Lipinski definition) is 1. The molecular formula is C10H8ClF3O. The highest BCUT2D eigenvalue weighted by Crippen LogP contribution is 2.32. The van der Waals surface area contributed by atoms with E-state index in [0.29, 0.717) is 18.3 Å². The molecular weight excluding hydrogens is 229 g/mol. The molecule has 0 unspecified atom stereocenters. The summed E-state index contributed by atoms with van der Waals surface area (Å²) < 4.78 is 36.7. The number of benzene rings is 1. The molecule has 0 spiro atoms. The van der Waals surface area contributed by atoms with Crippen LogP contribution in [0.3, 0.4) is 0 Å². The van der Waals surface area contributed by atoms with Gasteiger partial charge in [-0.15, -0.1) is 0 Å². The van der Waals surface area contributed by atoms with Gasteiger partial charge in [-0.25, -0.2) is 0 Å². The van der Waals surface area contributed by atoms with E-state index >= 15 is 0 Å². The third-order valence-electron chi connectivity index (χ3n) is 1.91. The lowest BCUT2D eigenvalue weighted by Crippen LogP contribution is -2.05. The zero-order chi connectivity index (χ0) is 11.5. The first-order valence-electron chi connectivity index (χ1n) is 4.24. The topological polar surface area (TPSA) is 17.1 Å². The van der Waals surface area contributed by atoms with Crippen molar-refractivity contribution in [3.05, 3.63) is 34.3 Å². The molecule has 0 atom stereocenters. The van der Waals surface area contributed by atoms with Crippen molar-refractivity contribution in [2.75, 3.05) is 0 Å². The summed E-state index contributed by atoms with van der Waals surface area (Å²) in [5, 5.41) is 0.0478. The van der Waals surface area contributed by atoms with Gasteiger partial charge in [-0.05, 0) is 24.1 Å². The molecule has 82 valence electrons. The van der Waals surface area contributed by atoms with Gasteiger partial charge < -0.3 is 4.79 Å². The number of rotatable bonds is 3. The summed E-state index contributed by atoms with van der Waals surface area (Å²) in [7, 11) is 0. The van der Waals surface area contributed by atoms with E-state index in [0.717, 1.165) is 12.1 Å². The molecule has 0 bridgehead atoms. The molecule has 0 N–H and O–H groups in total. The normalized spacial score (nSPS) is 11.5. The molecule has 0 radical (unpaired) electrons. The fourth-order valence-corrected chi connectivity index (χ4v) is 1.42. The minimum Gasteiger partial charge on any atom is -0.303 e. The number of carbonyl (C=O) groups excluding carboxylic acids is 1. The zero-order valence-electron chi connectivity index (χ0n) is 7.64. The van der Waals surface area contributed by atoms with Gasteiger partial charge in [0.2, 0.25) is 0 Å². The summed E-state index contributed by atoms with van der Waals surface area (Å²) in [5.74, 6) is 0. The minimum absolute atomic E-state index is 0.0478. The van der Waals surface area contributed by atoms with Crippen molar-refractivity contribution in [2.45, 2.75) is 19.0 Å². The second-order valence-electron chi connectivity index (χ2n) is 3.01. The Morgan fingerprint density at radius 1 is 1.33 bits per heavy atom. The highest BCUT2D eigenvalue weighted by molar-refractivity contribution is 6.31. The molecule has 0 saturated heterocycles. The second-order valence-corrected chi connectivity index (χ2v) is 3.42. The molecule has 15 heavy (non-hydrogen) atoms. The molecule has 1 aromatic rings. The van der Waals surface area contributed by atoms with Crippen LogP contribution in [-0.4, -0.2) is 6.29 Å². The fraction of sp³-hybridized carbons (Fsp3) is 0.300. The van der Waals surface area contributed by atoms with Crippen LogP contribution in [0.15, 0.2) is 18.2 Å². The molecule has 0 aliphatic rings. The Kier molecular flexibility index (Phi) is 3.74. The van der Waals surface area contributed by atoms with Crippen molar-refractivity contribution in [1.82, 2.24) is 0 Å². The van der Waals surface area contributed by atoms with Crippen LogP contribution >= 0.6 is 11.6 Å². The molecule has 0 aliphatic carbocycles. The van der Waals surface area contributed by atoms with Crippen molar-refractivity contribution in [3.8, 4) is 0 Å². The lowest BCUT2D eigenvalue weighted by atomic mass is 10.1. The van der Waals surface area contributed by atoms with Crippen LogP contribution in [0.25, 0.3) is 0 Å². The smallest absolute Gasteiger partial charge is 0.303 e. The lowest BCUT2D eigenvalue weighted by molar-refractivity contribution is -0.137. The van der Waals surface area contributed by atoms with Gasteiger partial charge in [-0.1, -0.05) is 17.7 Å². The fourth-order valence-electron chi connectivity index (χ4n) is 1.14. The minimum atomic E-state index is -4.38. The van der Waals surface area contributed by atoms with E-state index in [9.17, 15) is 18.0 Å². The maximum absolute atomic E-state index is 12.2. The summed E-state index contributed by atoms with van der Waals surface area (Å²) in [4.78, 5) is 10.1. The van der Waals surface area contributed by atoms with E-state index < -0.39 is 11.7 Å². The van der Waals surface area contributed by atoms with Crippen molar-refractivity contribution in [3.63, 3.8) is 0 Å². The van der Waals surface area contributed by atoms with Gasteiger partial charge in [0.15, 0.2) is 0 Å². The van der Waals surface area contributed by atoms with Gasteiger partial charge in [0.1, 0.15) is 6.29 Å². The predicted octanol–water partition coefficient (Wildman–Crippen LogP) is 3.49. The second kappa shape index (κ2) is 4.66. The van der Waals surface area contributed by atoms with E-state index in [4.69, 9.17) is 11.6 Å². The van der Waals surface area contributed by atoms with E-state index in [2.05, 4.69) is 0 Å². The predicted molar refractivity (Wildman–Crippen MR) is 50.8 cm³/mol. The molecule has 0 heterocycles. The van der Waals surface area contributed by atoms with Crippen LogP contribution in [-0.2, 0) is 17.4 Å². The monoisotopic (exact) mass is 236 g/mol. The van der Waals surface area contributed by atoms with Gasteiger partial charge >= 0.3 is 6.18 Å². The van der Waals surface area contributed by atoms with Gasteiger partial charge in [0.05, 0.1) is 5.56 Å². The number of hydrogen-bond donors (Lipinski definition) is 0. The quantitative estimate of drug-likeness (QED) is 0.735. The van der Waals surface area contributed by atoms with Gasteiger partial charge in [-0.3, -0.25) is 0 Å². The molecule has 0 amide bonds. The van der Waals surface area contributed by atoms with Gasteiger partial charge in [0.25, 0.3) is 0 Å². The molecule has 1 rings (SSSR count). The highest BCUT2D eigenvalue weighted by atomic mass is 35.5. The first-order chi connectivity index (χ1) is 6.95. The van der Waals surface area contributed by atoms with Crippen LogP contribution in [0, 0.1) is 0 Å². The third kappa shape index (κ3) is 3.23. The number of carbonyl (C=O) groups is 1. The average molecular weight is 237 g/mol. The molecule has 0 aromatic heterocycles. The third-order valence-corrected chi connectivity index (χ3v) is 2.26. The molecule has 1 aromatic carbocycles. The van der Waals surface area contributed by atoms with Crippen molar-refractivity contribution >= 4 is 17.9 Å². The zero-order valence-corrected chi connectivity index (χ0v) is 8.40. The first kappa shape index (κ1) is 12.0. The summed E-state index contributed by atoms with van der Waals surface area (Å²) in [6.07, 6.45) is -3.06. The Balaban J connectivity index is 2.93. The van der Waals surface area contributed by atoms with Crippen molar-refractivity contribution < 1.29 is 18.0 Å². The first-order valence-corrected chi connectivity index (χ1v) is 4.62. The largest absolute Gasteiger partial charge is 0.416 e. The maximum Gasteiger partial charge on any atom is 0.416 e. The molecule has 0 saturated carbocycles. The molecule has 5 heteroatoms. The highest BCUT2D eigenvalue weighted by Gasteiger charge is 2.30. The Hall–Kier alpha value is -1.03. The van der Waals surface area contributed by atoms with Crippen LogP contribution in [0.5, 0.6) is 0 Å². The van der Waals surface area contributed by atoms with Crippen molar-refractivity contribution in [2.24, 2.45) is 0 Å². The number of aryl methyl sites for hydroxylation is 1. The summed E-state index contributed by atoms with van der Waals surface area (Å²) in [5.41, 5.74) is -0.223. The number of aldehydes is 1. The van der Waals surface area contributed by atoms with Gasteiger partial charge in [0, 0.05) is 11.4 Å². The standard InChI is InChI=1S/C10H8ClF3O/c11-9-6-8(10(12,13)14)4-3-7(9)2-1-5-15/h3-6H,1-2H2.